The van der Waals surface area contributed by atoms with Gasteiger partial charge in [-0.25, -0.2) is 4.39 Å². The van der Waals surface area contributed by atoms with E-state index in [4.69, 9.17) is 0 Å². The van der Waals surface area contributed by atoms with E-state index in [0.29, 0.717) is 16.1 Å². The molecule has 0 bridgehead atoms. The molecule has 1 aliphatic heterocycles. The highest BCUT2D eigenvalue weighted by Crippen LogP contribution is 2.21. The number of hydrogen-bond acceptors (Lipinski definition) is 2. The Labute approximate surface area is 108 Å². The zero-order valence-corrected chi connectivity index (χ0v) is 11.1. The molecule has 2 N–H and O–H groups in total. The number of anilines is 1. The van der Waals surface area contributed by atoms with Crippen LogP contribution in [0.3, 0.4) is 0 Å². The molecule has 0 saturated carbocycles. The third kappa shape index (κ3) is 2.84. The Bertz CT molecular complexity index is 439. The molecule has 92 valence electrons. The zero-order chi connectivity index (χ0) is 12.4. The molecule has 1 aliphatic rings. The fourth-order valence-electron chi connectivity index (χ4n) is 1.98. The SMILES string of the molecule is CC1CCNC1C(=O)Nc1ccc(Br)c(F)c1. The van der Waals surface area contributed by atoms with Gasteiger partial charge in [0.15, 0.2) is 0 Å². The van der Waals surface area contributed by atoms with Gasteiger partial charge in [-0.1, -0.05) is 6.92 Å². The number of carbonyl (C=O) groups excluding carboxylic acids is 1. The second-order valence-electron chi connectivity index (χ2n) is 4.32. The predicted octanol–water partition coefficient (Wildman–Crippen LogP) is 2.52. The third-order valence-corrected chi connectivity index (χ3v) is 3.65. The lowest BCUT2D eigenvalue weighted by atomic mass is 10.0. The molecular weight excluding hydrogens is 287 g/mol. The lowest BCUT2D eigenvalue weighted by Crippen LogP contribution is -2.39. The average molecular weight is 301 g/mol. The topological polar surface area (TPSA) is 41.1 Å². The number of benzene rings is 1. The fraction of sp³-hybridized carbons (Fsp3) is 0.417. The van der Waals surface area contributed by atoms with E-state index in [0.717, 1.165) is 13.0 Å². The van der Waals surface area contributed by atoms with Crippen LogP contribution in [0, 0.1) is 11.7 Å². The van der Waals surface area contributed by atoms with Crippen LogP contribution in [-0.2, 0) is 4.79 Å². The molecular formula is C12H14BrFN2O. The number of halogens is 2. The molecule has 1 heterocycles. The Morgan fingerprint density at radius 1 is 1.59 bits per heavy atom. The van der Waals surface area contributed by atoms with E-state index in [1.54, 1.807) is 12.1 Å². The molecule has 2 atom stereocenters. The van der Waals surface area contributed by atoms with Gasteiger partial charge in [0, 0.05) is 5.69 Å². The van der Waals surface area contributed by atoms with E-state index in [-0.39, 0.29) is 17.8 Å². The molecule has 3 nitrogen and oxygen atoms in total. The predicted molar refractivity (Wildman–Crippen MR) is 68.3 cm³/mol. The van der Waals surface area contributed by atoms with Gasteiger partial charge in [-0.3, -0.25) is 4.79 Å². The molecule has 0 spiro atoms. The number of hydrogen-bond donors (Lipinski definition) is 2. The number of nitrogens with one attached hydrogen (secondary N) is 2. The Morgan fingerprint density at radius 3 is 2.94 bits per heavy atom. The quantitative estimate of drug-likeness (QED) is 0.881. The molecule has 2 rings (SSSR count). The molecule has 1 amide bonds. The maximum Gasteiger partial charge on any atom is 0.241 e. The molecule has 0 aromatic heterocycles. The van der Waals surface area contributed by atoms with Gasteiger partial charge in [0.25, 0.3) is 0 Å². The minimum Gasteiger partial charge on any atom is -0.325 e. The molecule has 17 heavy (non-hydrogen) atoms. The number of amides is 1. The lowest BCUT2D eigenvalue weighted by Gasteiger charge is -2.15. The van der Waals surface area contributed by atoms with Crippen molar-refractivity contribution in [3.63, 3.8) is 0 Å². The molecule has 1 fully saturated rings. The highest BCUT2D eigenvalue weighted by molar-refractivity contribution is 9.10. The average Bonchev–Trinajstić information content (AvgIpc) is 2.70. The molecule has 5 heteroatoms. The molecule has 0 radical (unpaired) electrons. The normalized spacial score (nSPS) is 23.7. The van der Waals surface area contributed by atoms with E-state index < -0.39 is 0 Å². The van der Waals surface area contributed by atoms with Crippen LogP contribution in [0.4, 0.5) is 10.1 Å². The first-order chi connectivity index (χ1) is 8.08. The molecule has 1 saturated heterocycles. The van der Waals surface area contributed by atoms with Crippen LogP contribution < -0.4 is 10.6 Å². The summed E-state index contributed by atoms with van der Waals surface area (Å²) in [4.78, 5) is 11.9. The summed E-state index contributed by atoms with van der Waals surface area (Å²) in [5, 5.41) is 5.86. The van der Waals surface area contributed by atoms with Crippen molar-refractivity contribution in [2.75, 3.05) is 11.9 Å². The first kappa shape index (κ1) is 12.5. The minimum atomic E-state index is -0.379. The molecule has 2 unspecified atom stereocenters. The van der Waals surface area contributed by atoms with E-state index in [1.807, 2.05) is 6.92 Å². The standard InChI is InChI=1S/C12H14BrFN2O/c1-7-4-5-15-11(7)12(17)16-8-2-3-9(13)10(14)6-8/h2-3,6-7,11,15H,4-5H2,1H3,(H,16,17). The van der Waals surface area contributed by atoms with Crippen molar-refractivity contribution in [2.24, 2.45) is 5.92 Å². The van der Waals surface area contributed by atoms with Gasteiger partial charge >= 0.3 is 0 Å². The highest BCUT2D eigenvalue weighted by Gasteiger charge is 2.29. The van der Waals surface area contributed by atoms with Crippen LogP contribution in [0.1, 0.15) is 13.3 Å². The Morgan fingerprint density at radius 2 is 2.35 bits per heavy atom. The zero-order valence-electron chi connectivity index (χ0n) is 9.47. The summed E-state index contributed by atoms with van der Waals surface area (Å²) >= 11 is 3.07. The van der Waals surface area contributed by atoms with Gasteiger partial charge in [0.2, 0.25) is 5.91 Å². The van der Waals surface area contributed by atoms with Crippen LogP contribution in [0.5, 0.6) is 0 Å². The summed E-state index contributed by atoms with van der Waals surface area (Å²) in [6.07, 6.45) is 0.993. The molecule has 1 aromatic carbocycles. The first-order valence-corrected chi connectivity index (χ1v) is 6.36. The third-order valence-electron chi connectivity index (χ3n) is 3.00. The van der Waals surface area contributed by atoms with Gasteiger partial charge in [-0.05, 0) is 53.0 Å². The fourth-order valence-corrected chi connectivity index (χ4v) is 2.23. The number of rotatable bonds is 2. The van der Waals surface area contributed by atoms with Gasteiger partial charge < -0.3 is 10.6 Å². The van der Waals surface area contributed by atoms with Gasteiger partial charge in [-0.2, -0.15) is 0 Å². The van der Waals surface area contributed by atoms with Crippen molar-refractivity contribution in [3.05, 3.63) is 28.5 Å². The summed E-state index contributed by atoms with van der Waals surface area (Å²) < 4.78 is 13.7. The molecule has 0 aliphatic carbocycles. The maximum absolute atomic E-state index is 13.3. The van der Waals surface area contributed by atoms with Gasteiger partial charge in [-0.15, -0.1) is 0 Å². The number of carbonyl (C=O) groups is 1. The second-order valence-corrected chi connectivity index (χ2v) is 5.17. The van der Waals surface area contributed by atoms with E-state index in [2.05, 4.69) is 26.6 Å². The van der Waals surface area contributed by atoms with Crippen molar-refractivity contribution in [3.8, 4) is 0 Å². The van der Waals surface area contributed by atoms with Crippen molar-refractivity contribution in [2.45, 2.75) is 19.4 Å². The summed E-state index contributed by atoms with van der Waals surface area (Å²) in [7, 11) is 0. The van der Waals surface area contributed by atoms with Crippen LogP contribution in [0.25, 0.3) is 0 Å². The van der Waals surface area contributed by atoms with Crippen LogP contribution in [0.2, 0.25) is 0 Å². The largest absolute Gasteiger partial charge is 0.325 e. The van der Waals surface area contributed by atoms with Gasteiger partial charge in [0.05, 0.1) is 10.5 Å². The van der Waals surface area contributed by atoms with Crippen LogP contribution >= 0.6 is 15.9 Å². The van der Waals surface area contributed by atoms with Crippen molar-refractivity contribution in [1.29, 1.82) is 0 Å². The smallest absolute Gasteiger partial charge is 0.241 e. The summed E-state index contributed by atoms with van der Waals surface area (Å²) in [5.41, 5.74) is 0.483. The lowest BCUT2D eigenvalue weighted by molar-refractivity contribution is -0.118. The van der Waals surface area contributed by atoms with Crippen molar-refractivity contribution in [1.82, 2.24) is 5.32 Å². The maximum atomic E-state index is 13.3. The second kappa shape index (κ2) is 5.14. The monoisotopic (exact) mass is 300 g/mol. The summed E-state index contributed by atoms with van der Waals surface area (Å²) in [6.45, 7) is 2.89. The minimum absolute atomic E-state index is 0.100. The molecule has 1 aromatic rings. The van der Waals surface area contributed by atoms with Gasteiger partial charge in [0.1, 0.15) is 5.82 Å². The first-order valence-electron chi connectivity index (χ1n) is 5.57. The Hall–Kier alpha value is -0.940. The van der Waals surface area contributed by atoms with E-state index in [1.165, 1.54) is 6.07 Å². The van der Waals surface area contributed by atoms with Crippen molar-refractivity contribution >= 4 is 27.5 Å². The Kier molecular flexibility index (Phi) is 3.79. The van der Waals surface area contributed by atoms with Crippen molar-refractivity contribution < 1.29 is 9.18 Å². The highest BCUT2D eigenvalue weighted by atomic mass is 79.9. The Balaban J connectivity index is 2.05. The van der Waals surface area contributed by atoms with Crippen LogP contribution in [0.15, 0.2) is 22.7 Å². The summed E-state index contributed by atoms with van der Waals surface area (Å²) in [6, 6.07) is 4.38. The van der Waals surface area contributed by atoms with E-state index >= 15 is 0 Å². The van der Waals surface area contributed by atoms with E-state index in [9.17, 15) is 9.18 Å². The van der Waals surface area contributed by atoms with Crippen LogP contribution in [-0.4, -0.2) is 18.5 Å². The summed E-state index contributed by atoms with van der Waals surface area (Å²) in [5.74, 6) is -0.165.